The van der Waals surface area contributed by atoms with E-state index >= 15 is 0 Å². The first-order valence-electron chi connectivity index (χ1n) is 8.43. The molecule has 0 aliphatic carbocycles. The molecule has 2 N–H and O–H groups in total. The molecule has 27 heavy (non-hydrogen) atoms. The summed E-state index contributed by atoms with van der Waals surface area (Å²) in [6, 6.07) is 14.8. The summed E-state index contributed by atoms with van der Waals surface area (Å²) in [6.45, 7) is 0.0141. The molecule has 0 unspecified atom stereocenters. The molecule has 138 valence electrons. The van der Waals surface area contributed by atoms with Crippen LogP contribution in [0.4, 0.5) is 0 Å². The van der Waals surface area contributed by atoms with Crippen LogP contribution in [0.25, 0.3) is 10.9 Å². The summed E-state index contributed by atoms with van der Waals surface area (Å²) in [7, 11) is 0. The topological polar surface area (TPSA) is 114 Å². The van der Waals surface area contributed by atoms with Gasteiger partial charge in [0.15, 0.2) is 0 Å². The third-order valence-electron chi connectivity index (χ3n) is 4.10. The molecule has 8 nitrogen and oxygen atoms in total. The van der Waals surface area contributed by atoms with E-state index in [2.05, 4.69) is 15.6 Å². The van der Waals surface area contributed by atoms with E-state index in [1.54, 1.807) is 48.5 Å². The van der Waals surface area contributed by atoms with Crippen LogP contribution in [0.2, 0.25) is 0 Å². The average Bonchev–Trinajstić information content (AvgIpc) is 2.68. The Hall–Kier alpha value is -3.55. The SMILES string of the molecule is O=C(CCn1nnc2ccccc2c1=O)N[C@@H](Cc1ccccc1)C(=O)O. The minimum Gasteiger partial charge on any atom is -0.480 e. The van der Waals surface area contributed by atoms with E-state index in [-0.39, 0.29) is 24.9 Å². The summed E-state index contributed by atoms with van der Waals surface area (Å²) in [5.41, 5.74) is 0.950. The van der Waals surface area contributed by atoms with E-state index in [4.69, 9.17) is 0 Å². The lowest BCUT2D eigenvalue weighted by Crippen LogP contribution is -2.42. The Morgan fingerprint density at radius 1 is 1.07 bits per heavy atom. The van der Waals surface area contributed by atoms with Gasteiger partial charge < -0.3 is 10.4 Å². The standard InChI is InChI=1S/C19H18N4O4/c24-17(20-16(19(26)27)12-13-6-2-1-3-7-13)10-11-23-18(25)14-8-4-5-9-15(14)21-22-23/h1-9,16H,10-12H2,(H,20,24)(H,26,27)/t16-/m0/s1. The van der Waals surface area contributed by atoms with Gasteiger partial charge in [-0.1, -0.05) is 47.7 Å². The molecule has 1 amide bonds. The van der Waals surface area contributed by atoms with Crippen LogP contribution in [0.3, 0.4) is 0 Å². The van der Waals surface area contributed by atoms with Crippen LogP contribution < -0.4 is 10.9 Å². The first-order valence-corrected chi connectivity index (χ1v) is 8.43. The van der Waals surface area contributed by atoms with Gasteiger partial charge in [0, 0.05) is 12.8 Å². The predicted molar refractivity (Wildman–Crippen MR) is 98.1 cm³/mol. The second kappa shape index (κ2) is 8.22. The number of nitrogens with zero attached hydrogens (tertiary/aromatic N) is 3. The van der Waals surface area contributed by atoms with E-state index in [1.165, 1.54) is 0 Å². The van der Waals surface area contributed by atoms with Crippen molar-refractivity contribution in [3.63, 3.8) is 0 Å². The molecule has 0 saturated heterocycles. The number of benzene rings is 2. The predicted octanol–water partition coefficient (Wildman–Crippen LogP) is 0.994. The van der Waals surface area contributed by atoms with Crippen LogP contribution in [-0.4, -0.2) is 38.0 Å². The van der Waals surface area contributed by atoms with Crippen molar-refractivity contribution in [2.75, 3.05) is 0 Å². The number of fused-ring (bicyclic) bond motifs is 1. The fraction of sp³-hybridized carbons (Fsp3) is 0.211. The lowest BCUT2D eigenvalue weighted by Gasteiger charge is -2.14. The molecule has 0 aliphatic rings. The van der Waals surface area contributed by atoms with E-state index in [9.17, 15) is 19.5 Å². The number of carbonyl (C=O) groups is 2. The van der Waals surface area contributed by atoms with Crippen molar-refractivity contribution in [2.24, 2.45) is 0 Å². The number of amides is 1. The minimum absolute atomic E-state index is 0.0141. The van der Waals surface area contributed by atoms with Crippen LogP contribution in [0, 0.1) is 0 Å². The molecule has 0 fully saturated rings. The zero-order chi connectivity index (χ0) is 19.2. The Labute approximate surface area is 154 Å². The first kappa shape index (κ1) is 18.2. The third kappa shape index (κ3) is 4.55. The lowest BCUT2D eigenvalue weighted by atomic mass is 10.1. The highest BCUT2D eigenvalue weighted by Gasteiger charge is 2.20. The Kier molecular flexibility index (Phi) is 5.55. The normalized spacial score (nSPS) is 11.9. The number of aryl methyl sites for hydroxylation is 1. The largest absolute Gasteiger partial charge is 0.480 e. The maximum atomic E-state index is 12.3. The van der Waals surface area contributed by atoms with Gasteiger partial charge in [-0.15, -0.1) is 5.10 Å². The van der Waals surface area contributed by atoms with Crippen LogP contribution in [0.5, 0.6) is 0 Å². The maximum absolute atomic E-state index is 12.3. The van der Waals surface area contributed by atoms with Crippen molar-refractivity contribution in [1.29, 1.82) is 0 Å². The molecule has 0 aliphatic heterocycles. The first-order chi connectivity index (χ1) is 13.0. The molecular formula is C19H18N4O4. The van der Waals surface area contributed by atoms with Gasteiger partial charge in [0.1, 0.15) is 11.6 Å². The number of aliphatic carboxylic acids is 1. The third-order valence-corrected chi connectivity index (χ3v) is 4.10. The molecular weight excluding hydrogens is 348 g/mol. The number of rotatable bonds is 7. The van der Waals surface area contributed by atoms with Crippen LogP contribution >= 0.6 is 0 Å². The smallest absolute Gasteiger partial charge is 0.326 e. The van der Waals surface area contributed by atoms with Gasteiger partial charge >= 0.3 is 5.97 Å². The summed E-state index contributed by atoms with van der Waals surface area (Å²) >= 11 is 0. The highest BCUT2D eigenvalue weighted by atomic mass is 16.4. The average molecular weight is 366 g/mol. The van der Waals surface area contributed by atoms with Gasteiger partial charge in [0.2, 0.25) is 5.91 Å². The number of carboxylic acids is 1. The fourth-order valence-corrected chi connectivity index (χ4v) is 2.69. The molecule has 8 heteroatoms. The molecule has 3 aromatic rings. The van der Waals surface area contributed by atoms with E-state index in [1.807, 2.05) is 6.07 Å². The number of nitrogens with one attached hydrogen (secondary N) is 1. The van der Waals surface area contributed by atoms with Crippen molar-refractivity contribution in [3.8, 4) is 0 Å². The van der Waals surface area contributed by atoms with Gasteiger partial charge in [0.05, 0.1) is 11.9 Å². The molecule has 0 saturated carbocycles. The van der Waals surface area contributed by atoms with Crippen molar-refractivity contribution in [3.05, 3.63) is 70.5 Å². The summed E-state index contributed by atoms with van der Waals surface area (Å²) in [6.07, 6.45) is 0.100. The second-order valence-corrected chi connectivity index (χ2v) is 6.03. The van der Waals surface area contributed by atoms with Crippen LogP contribution in [0.1, 0.15) is 12.0 Å². The van der Waals surface area contributed by atoms with E-state index < -0.39 is 17.9 Å². The number of carbonyl (C=O) groups excluding carboxylic acids is 1. The van der Waals surface area contributed by atoms with E-state index in [0.29, 0.717) is 10.9 Å². The van der Waals surface area contributed by atoms with Gasteiger partial charge in [-0.25, -0.2) is 9.48 Å². The Morgan fingerprint density at radius 2 is 1.78 bits per heavy atom. The summed E-state index contributed by atoms with van der Waals surface area (Å²) in [5.74, 6) is -1.59. The maximum Gasteiger partial charge on any atom is 0.326 e. The Balaban J connectivity index is 1.64. The quantitative estimate of drug-likeness (QED) is 0.645. The van der Waals surface area contributed by atoms with Gasteiger partial charge in [0.25, 0.3) is 5.56 Å². The molecule has 3 rings (SSSR count). The molecule has 1 aromatic heterocycles. The van der Waals surface area contributed by atoms with Crippen molar-refractivity contribution >= 4 is 22.8 Å². The molecule has 1 atom stereocenters. The highest BCUT2D eigenvalue weighted by molar-refractivity contribution is 5.83. The number of carboxylic acid groups (broad SMARTS) is 1. The summed E-state index contributed by atoms with van der Waals surface area (Å²) in [4.78, 5) is 35.9. The monoisotopic (exact) mass is 366 g/mol. The number of hydrogen-bond acceptors (Lipinski definition) is 5. The number of aromatic nitrogens is 3. The minimum atomic E-state index is -1.12. The van der Waals surface area contributed by atoms with Crippen LogP contribution in [0.15, 0.2) is 59.4 Å². The Bertz CT molecular complexity index is 1020. The highest BCUT2D eigenvalue weighted by Crippen LogP contribution is 2.05. The molecule has 0 radical (unpaired) electrons. The zero-order valence-electron chi connectivity index (χ0n) is 14.4. The summed E-state index contributed by atoms with van der Waals surface area (Å²) in [5, 5.41) is 20.0. The van der Waals surface area contributed by atoms with E-state index in [0.717, 1.165) is 10.2 Å². The molecule has 1 heterocycles. The molecule has 2 aromatic carbocycles. The van der Waals surface area contributed by atoms with Gasteiger partial charge in [-0.3, -0.25) is 9.59 Å². The van der Waals surface area contributed by atoms with Crippen molar-refractivity contribution < 1.29 is 14.7 Å². The van der Waals surface area contributed by atoms with Crippen molar-refractivity contribution in [2.45, 2.75) is 25.4 Å². The van der Waals surface area contributed by atoms with Gasteiger partial charge in [-0.05, 0) is 17.7 Å². The molecule has 0 spiro atoms. The second-order valence-electron chi connectivity index (χ2n) is 6.03. The summed E-state index contributed by atoms with van der Waals surface area (Å²) < 4.78 is 1.11. The van der Waals surface area contributed by atoms with Crippen molar-refractivity contribution in [1.82, 2.24) is 20.3 Å². The molecule has 0 bridgehead atoms. The van der Waals surface area contributed by atoms with Crippen LogP contribution in [-0.2, 0) is 22.6 Å². The fourth-order valence-electron chi connectivity index (χ4n) is 2.69. The lowest BCUT2D eigenvalue weighted by molar-refractivity contribution is -0.141. The zero-order valence-corrected chi connectivity index (χ0v) is 14.4. The van der Waals surface area contributed by atoms with Gasteiger partial charge in [-0.2, -0.15) is 0 Å². The number of hydrogen-bond donors (Lipinski definition) is 2. The Morgan fingerprint density at radius 3 is 2.52 bits per heavy atom.